The predicted octanol–water partition coefficient (Wildman–Crippen LogP) is 2.90. The maximum absolute atomic E-state index is 12.1. The molecule has 2 aromatic carbocycles. The van der Waals surface area contributed by atoms with Crippen molar-refractivity contribution in [1.29, 1.82) is 0 Å². The zero-order chi connectivity index (χ0) is 15.4. The summed E-state index contributed by atoms with van der Waals surface area (Å²) in [5, 5.41) is 23.0. The van der Waals surface area contributed by atoms with E-state index in [4.69, 9.17) is 0 Å². The first kappa shape index (κ1) is 14.7. The summed E-state index contributed by atoms with van der Waals surface area (Å²) in [6, 6.07) is 12.3. The van der Waals surface area contributed by atoms with Gasteiger partial charge in [0.2, 0.25) is 0 Å². The minimum Gasteiger partial charge on any atom is -0.389 e. The summed E-state index contributed by atoms with van der Waals surface area (Å²) in [5.74, 6) is -0.466. The van der Waals surface area contributed by atoms with Gasteiger partial charge in [-0.1, -0.05) is 24.3 Å². The zero-order valence-electron chi connectivity index (χ0n) is 11.3. The molecule has 0 saturated heterocycles. The number of rotatable bonds is 4. The van der Waals surface area contributed by atoms with Crippen LogP contribution in [0, 0.1) is 10.1 Å². The number of carbonyl (C=O) groups is 1. The first-order chi connectivity index (χ1) is 9.99. The van der Waals surface area contributed by atoms with Gasteiger partial charge < -0.3 is 10.4 Å². The predicted molar refractivity (Wildman–Crippen MR) is 78.1 cm³/mol. The van der Waals surface area contributed by atoms with Gasteiger partial charge in [-0.2, -0.15) is 0 Å². The van der Waals surface area contributed by atoms with E-state index in [2.05, 4.69) is 5.32 Å². The molecule has 2 aromatic rings. The maximum Gasteiger partial charge on any atom is 0.270 e. The SMILES string of the molecule is CC(O)c1ccccc1NC(=O)c1cccc([N+](=O)[O-])c1. The molecule has 1 amide bonds. The van der Waals surface area contributed by atoms with Gasteiger partial charge >= 0.3 is 0 Å². The lowest BCUT2D eigenvalue weighted by atomic mass is 10.1. The van der Waals surface area contributed by atoms with E-state index in [1.807, 2.05) is 0 Å². The fourth-order valence-corrected chi connectivity index (χ4v) is 1.93. The number of benzene rings is 2. The molecule has 0 aliphatic carbocycles. The lowest BCUT2D eigenvalue weighted by Crippen LogP contribution is -2.14. The summed E-state index contributed by atoms with van der Waals surface area (Å²) in [6.45, 7) is 1.60. The second kappa shape index (κ2) is 6.15. The molecule has 0 radical (unpaired) electrons. The van der Waals surface area contributed by atoms with Crippen molar-refractivity contribution in [2.75, 3.05) is 5.32 Å². The third-order valence-electron chi connectivity index (χ3n) is 2.98. The minimum atomic E-state index is -0.730. The minimum absolute atomic E-state index is 0.147. The first-order valence-electron chi connectivity index (χ1n) is 6.32. The van der Waals surface area contributed by atoms with E-state index in [0.717, 1.165) is 0 Å². The molecule has 6 nitrogen and oxygen atoms in total. The zero-order valence-corrected chi connectivity index (χ0v) is 11.3. The van der Waals surface area contributed by atoms with E-state index in [1.54, 1.807) is 31.2 Å². The molecule has 2 N–H and O–H groups in total. The number of aliphatic hydroxyl groups is 1. The highest BCUT2D eigenvalue weighted by molar-refractivity contribution is 6.05. The fraction of sp³-hybridized carbons (Fsp3) is 0.133. The van der Waals surface area contributed by atoms with Crippen LogP contribution in [0.25, 0.3) is 0 Å². The van der Waals surface area contributed by atoms with Crippen molar-refractivity contribution in [3.8, 4) is 0 Å². The highest BCUT2D eigenvalue weighted by Crippen LogP contribution is 2.23. The van der Waals surface area contributed by atoms with Gasteiger partial charge in [0.25, 0.3) is 11.6 Å². The van der Waals surface area contributed by atoms with Crippen LogP contribution in [-0.2, 0) is 0 Å². The van der Waals surface area contributed by atoms with E-state index in [-0.39, 0.29) is 11.3 Å². The molecule has 0 aliphatic heterocycles. The van der Waals surface area contributed by atoms with E-state index in [1.165, 1.54) is 24.3 Å². The summed E-state index contributed by atoms with van der Waals surface area (Å²) in [5.41, 5.74) is 1.09. The number of nitro groups is 1. The van der Waals surface area contributed by atoms with Crippen LogP contribution in [0.1, 0.15) is 28.9 Å². The van der Waals surface area contributed by atoms with Crippen LogP contribution in [0.5, 0.6) is 0 Å². The Labute approximate surface area is 121 Å². The van der Waals surface area contributed by atoms with Crippen molar-refractivity contribution in [3.05, 3.63) is 69.8 Å². The average Bonchev–Trinajstić information content (AvgIpc) is 2.47. The third kappa shape index (κ3) is 3.43. The maximum atomic E-state index is 12.1. The van der Waals surface area contributed by atoms with E-state index in [0.29, 0.717) is 11.3 Å². The van der Waals surface area contributed by atoms with E-state index >= 15 is 0 Å². The van der Waals surface area contributed by atoms with Crippen molar-refractivity contribution in [1.82, 2.24) is 0 Å². The van der Waals surface area contributed by atoms with Crippen LogP contribution in [-0.4, -0.2) is 15.9 Å². The molecule has 2 rings (SSSR count). The van der Waals surface area contributed by atoms with Gasteiger partial charge in [-0.05, 0) is 19.1 Å². The third-order valence-corrected chi connectivity index (χ3v) is 2.98. The lowest BCUT2D eigenvalue weighted by molar-refractivity contribution is -0.384. The number of para-hydroxylation sites is 1. The fourth-order valence-electron chi connectivity index (χ4n) is 1.93. The highest BCUT2D eigenvalue weighted by atomic mass is 16.6. The summed E-state index contributed by atoms with van der Waals surface area (Å²) >= 11 is 0. The number of nitrogens with one attached hydrogen (secondary N) is 1. The number of hydrogen-bond acceptors (Lipinski definition) is 4. The summed E-state index contributed by atoms with van der Waals surface area (Å²) in [7, 11) is 0. The van der Waals surface area contributed by atoms with Crippen LogP contribution in [0.2, 0.25) is 0 Å². The summed E-state index contributed by atoms with van der Waals surface area (Å²) in [4.78, 5) is 22.3. The van der Waals surface area contributed by atoms with Crippen LogP contribution >= 0.6 is 0 Å². The Hall–Kier alpha value is -2.73. The molecule has 1 unspecified atom stereocenters. The van der Waals surface area contributed by atoms with Crippen molar-refractivity contribution in [2.45, 2.75) is 13.0 Å². The molecule has 1 atom stereocenters. The van der Waals surface area contributed by atoms with Gasteiger partial charge in [0, 0.05) is 28.9 Å². The number of amides is 1. The van der Waals surface area contributed by atoms with Crippen LogP contribution in [0.15, 0.2) is 48.5 Å². The lowest BCUT2D eigenvalue weighted by Gasteiger charge is -2.12. The Kier molecular flexibility index (Phi) is 4.30. The number of hydrogen-bond donors (Lipinski definition) is 2. The second-order valence-electron chi connectivity index (χ2n) is 4.52. The van der Waals surface area contributed by atoms with Crippen molar-refractivity contribution in [3.63, 3.8) is 0 Å². The smallest absolute Gasteiger partial charge is 0.270 e. The number of carbonyl (C=O) groups excluding carboxylic acids is 1. The number of nitrogens with zero attached hydrogens (tertiary/aromatic N) is 1. The van der Waals surface area contributed by atoms with Crippen molar-refractivity contribution < 1.29 is 14.8 Å². The monoisotopic (exact) mass is 286 g/mol. The molecule has 0 saturated carbocycles. The van der Waals surface area contributed by atoms with Crippen LogP contribution < -0.4 is 5.32 Å². The Morgan fingerprint density at radius 2 is 1.95 bits per heavy atom. The molecule has 0 bridgehead atoms. The van der Waals surface area contributed by atoms with Gasteiger partial charge in [-0.15, -0.1) is 0 Å². The largest absolute Gasteiger partial charge is 0.389 e. The Morgan fingerprint density at radius 3 is 2.62 bits per heavy atom. The van der Waals surface area contributed by atoms with Gasteiger partial charge in [0.1, 0.15) is 0 Å². The van der Waals surface area contributed by atoms with Crippen molar-refractivity contribution in [2.24, 2.45) is 0 Å². The number of anilines is 1. The first-order valence-corrected chi connectivity index (χ1v) is 6.32. The molecule has 108 valence electrons. The Balaban J connectivity index is 2.26. The molecule has 21 heavy (non-hydrogen) atoms. The standard InChI is InChI=1S/C15H14N2O4/c1-10(18)13-7-2-3-8-14(13)16-15(19)11-5-4-6-12(9-11)17(20)21/h2-10,18H,1H3,(H,16,19). The summed E-state index contributed by atoms with van der Waals surface area (Å²) in [6.07, 6.45) is -0.730. The highest BCUT2D eigenvalue weighted by Gasteiger charge is 2.14. The van der Waals surface area contributed by atoms with Crippen LogP contribution in [0.4, 0.5) is 11.4 Å². The topological polar surface area (TPSA) is 92.5 Å². The second-order valence-corrected chi connectivity index (χ2v) is 4.52. The van der Waals surface area contributed by atoms with Crippen LogP contribution in [0.3, 0.4) is 0 Å². The molecule has 6 heteroatoms. The molecule has 0 aromatic heterocycles. The van der Waals surface area contributed by atoms with Gasteiger partial charge in [0.05, 0.1) is 11.0 Å². The summed E-state index contributed by atoms with van der Waals surface area (Å²) < 4.78 is 0. The molecule has 0 fully saturated rings. The normalized spacial score (nSPS) is 11.7. The van der Waals surface area contributed by atoms with Crippen molar-refractivity contribution >= 4 is 17.3 Å². The quantitative estimate of drug-likeness (QED) is 0.667. The molecule has 0 aliphatic rings. The van der Waals surface area contributed by atoms with Gasteiger partial charge in [-0.25, -0.2) is 0 Å². The Morgan fingerprint density at radius 1 is 1.24 bits per heavy atom. The molecule has 0 heterocycles. The number of nitro benzene ring substituents is 1. The van der Waals surface area contributed by atoms with E-state index < -0.39 is 16.9 Å². The van der Waals surface area contributed by atoms with Gasteiger partial charge in [-0.3, -0.25) is 14.9 Å². The average molecular weight is 286 g/mol. The van der Waals surface area contributed by atoms with E-state index in [9.17, 15) is 20.0 Å². The molecular formula is C15H14N2O4. The number of non-ortho nitro benzene ring substituents is 1. The molecule has 0 spiro atoms. The molecular weight excluding hydrogens is 272 g/mol. The Bertz CT molecular complexity index is 683. The van der Waals surface area contributed by atoms with Gasteiger partial charge in [0.15, 0.2) is 0 Å². The number of aliphatic hydroxyl groups excluding tert-OH is 1.